The van der Waals surface area contributed by atoms with Crippen molar-refractivity contribution in [2.24, 2.45) is 5.92 Å². The number of amides is 1. The molecule has 2 aliphatic rings. The molecule has 7 nitrogen and oxygen atoms in total. The predicted molar refractivity (Wildman–Crippen MR) is 85.1 cm³/mol. The van der Waals surface area contributed by atoms with Crippen LogP contribution >= 0.6 is 11.6 Å². The summed E-state index contributed by atoms with van der Waals surface area (Å²) >= 11 is 6.20. The molecule has 0 aliphatic carbocycles. The molecule has 0 unspecified atom stereocenters. The van der Waals surface area contributed by atoms with Gasteiger partial charge in [0.2, 0.25) is 5.88 Å². The second-order valence-electron chi connectivity index (χ2n) is 5.87. The highest BCUT2D eigenvalue weighted by molar-refractivity contribution is 6.32. The average Bonchev–Trinajstić information content (AvgIpc) is 2.56. The SMILES string of the molecule is COC(=O)C1CN(C(=O)c2cnc(OC3CCOCC3)c(Cl)c2)C1. The highest BCUT2D eigenvalue weighted by Crippen LogP contribution is 2.27. The number of nitrogens with zero attached hydrogens (tertiary/aromatic N) is 2. The molecule has 3 rings (SSSR count). The van der Waals surface area contributed by atoms with Crippen molar-refractivity contribution in [1.82, 2.24) is 9.88 Å². The third-order valence-corrected chi connectivity index (χ3v) is 4.48. The van der Waals surface area contributed by atoms with Gasteiger partial charge < -0.3 is 19.1 Å². The molecule has 2 fully saturated rings. The van der Waals surface area contributed by atoms with E-state index in [0.29, 0.717) is 42.8 Å². The van der Waals surface area contributed by atoms with Crippen LogP contribution in [0.1, 0.15) is 23.2 Å². The van der Waals surface area contributed by atoms with Gasteiger partial charge in [0.1, 0.15) is 11.1 Å². The highest BCUT2D eigenvalue weighted by atomic mass is 35.5. The molecule has 1 amide bonds. The molecule has 0 aromatic carbocycles. The van der Waals surface area contributed by atoms with Gasteiger partial charge >= 0.3 is 5.97 Å². The Balaban J connectivity index is 1.60. The Morgan fingerprint density at radius 2 is 2.04 bits per heavy atom. The minimum Gasteiger partial charge on any atom is -0.473 e. The molecule has 0 saturated carbocycles. The van der Waals surface area contributed by atoms with E-state index in [1.165, 1.54) is 13.3 Å². The monoisotopic (exact) mass is 354 g/mol. The highest BCUT2D eigenvalue weighted by Gasteiger charge is 2.37. The third kappa shape index (κ3) is 3.62. The van der Waals surface area contributed by atoms with E-state index >= 15 is 0 Å². The van der Waals surface area contributed by atoms with E-state index in [4.69, 9.17) is 21.1 Å². The fraction of sp³-hybridized carbons (Fsp3) is 0.562. The second kappa shape index (κ2) is 7.36. The maximum absolute atomic E-state index is 12.4. The topological polar surface area (TPSA) is 78.0 Å². The molecule has 0 bridgehead atoms. The van der Waals surface area contributed by atoms with Gasteiger partial charge in [0.05, 0.1) is 31.8 Å². The summed E-state index contributed by atoms with van der Waals surface area (Å²) in [4.78, 5) is 29.5. The molecule has 1 aromatic heterocycles. The number of pyridine rings is 1. The summed E-state index contributed by atoms with van der Waals surface area (Å²) in [5.41, 5.74) is 0.377. The number of hydrogen-bond acceptors (Lipinski definition) is 6. The lowest BCUT2D eigenvalue weighted by molar-refractivity contribution is -0.149. The molecule has 0 radical (unpaired) electrons. The Hall–Kier alpha value is -1.86. The summed E-state index contributed by atoms with van der Waals surface area (Å²) in [6.45, 7) is 2.03. The Morgan fingerprint density at radius 3 is 2.67 bits per heavy atom. The van der Waals surface area contributed by atoms with Gasteiger partial charge in [-0.3, -0.25) is 9.59 Å². The summed E-state index contributed by atoms with van der Waals surface area (Å²) in [6.07, 6.45) is 3.07. The van der Waals surface area contributed by atoms with Crippen LogP contribution < -0.4 is 4.74 Å². The van der Waals surface area contributed by atoms with Gasteiger partial charge in [0, 0.05) is 32.1 Å². The van der Waals surface area contributed by atoms with E-state index in [1.807, 2.05) is 0 Å². The molecule has 1 aromatic rings. The van der Waals surface area contributed by atoms with Crippen molar-refractivity contribution in [3.05, 3.63) is 22.8 Å². The minimum absolute atomic E-state index is 0.0292. The first-order valence-corrected chi connectivity index (χ1v) is 8.23. The zero-order valence-corrected chi connectivity index (χ0v) is 14.1. The van der Waals surface area contributed by atoms with Crippen molar-refractivity contribution < 1.29 is 23.8 Å². The summed E-state index contributed by atoms with van der Waals surface area (Å²) in [5.74, 6) is -0.424. The summed E-state index contributed by atoms with van der Waals surface area (Å²) in [5, 5.41) is 0.303. The van der Waals surface area contributed by atoms with Crippen molar-refractivity contribution in [3.8, 4) is 5.88 Å². The molecule has 8 heteroatoms. The lowest BCUT2D eigenvalue weighted by Gasteiger charge is -2.37. The van der Waals surface area contributed by atoms with Gasteiger partial charge in [-0.05, 0) is 6.07 Å². The van der Waals surface area contributed by atoms with E-state index in [-0.39, 0.29) is 23.9 Å². The quantitative estimate of drug-likeness (QED) is 0.763. The lowest BCUT2D eigenvalue weighted by atomic mass is 9.99. The average molecular weight is 355 g/mol. The molecule has 24 heavy (non-hydrogen) atoms. The van der Waals surface area contributed by atoms with Crippen LogP contribution in [0.3, 0.4) is 0 Å². The Morgan fingerprint density at radius 1 is 1.33 bits per heavy atom. The fourth-order valence-corrected chi connectivity index (χ4v) is 2.93. The van der Waals surface area contributed by atoms with E-state index < -0.39 is 0 Å². The number of halogens is 1. The zero-order chi connectivity index (χ0) is 17.1. The Kier molecular flexibility index (Phi) is 5.20. The van der Waals surface area contributed by atoms with Crippen LogP contribution in [0.5, 0.6) is 5.88 Å². The van der Waals surface area contributed by atoms with Crippen LogP contribution in [0.15, 0.2) is 12.3 Å². The number of ether oxygens (including phenoxy) is 3. The molecule has 130 valence electrons. The van der Waals surface area contributed by atoms with Gasteiger partial charge in [0.25, 0.3) is 5.91 Å². The molecule has 0 N–H and O–H groups in total. The van der Waals surface area contributed by atoms with E-state index in [1.54, 1.807) is 11.0 Å². The number of hydrogen-bond donors (Lipinski definition) is 0. The van der Waals surface area contributed by atoms with E-state index in [9.17, 15) is 9.59 Å². The number of esters is 1. The third-order valence-electron chi connectivity index (χ3n) is 4.20. The summed E-state index contributed by atoms with van der Waals surface area (Å²) in [6, 6.07) is 1.55. The largest absolute Gasteiger partial charge is 0.473 e. The molecule has 2 aliphatic heterocycles. The van der Waals surface area contributed by atoms with Gasteiger partial charge in [-0.1, -0.05) is 11.6 Å². The number of methoxy groups -OCH3 is 1. The lowest BCUT2D eigenvalue weighted by Crippen LogP contribution is -2.53. The molecule has 0 spiro atoms. The van der Waals surface area contributed by atoms with Crippen LogP contribution in [0.25, 0.3) is 0 Å². The van der Waals surface area contributed by atoms with E-state index in [2.05, 4.69) is 9.72 Å². The van der Waals surface area contributed by atoms with Crippen LogP contribution in [-0.2, 0) is 14.3 Å². The molecule has 3 heterocycles. The first kappa shape index (κ1) is 17.0. The molecule has 0 atom stereocenters. The zero-order valence-electron chi connectivity index (χ0n) is 13.4. The second-order valence-corrected chi connectivity index (χ2v) is 6.28. The van der Waals surface area contributed by atoms with Gasteiger partial charge in [-0.25, -0.2) is 4.98 Å². The minimum atomic E-state index is -0.296. The number of aromatic nitrogens is 1. The van der Waals surface area contributed by atoms with Crippen LogP contribution in [-0.4, -0.2) is 61.3 Å². The predicted octanol–water partition coefficient (Wildman–Crippen LogP) is 1.54. The first-order chi connectivity index (χ1) is 11.6. The van der Waals surface area contributed by atoms with Crippen LogP contribution in [0, 0.1) is 5.92 Å². The Labute approximate surface area is 144 Å². The van der Waals surface area contributed by atoms with Crippen molar-refractivity contribution in [2.45, 2.75) is 18.9 Å². The van der Waals surface area contributed by atoms with Crippen molar-refractivity contribution in [3.63, 3.8) is 0 Å². The first-order valence-electron chi connectivity index (χ1n) is 7.85. The van der Waals surface area contributed by atoms with E-state index in [0.717, 1.165) is 12.8 Å². The van der Waals surface area contributed by atoms with Crippen molar-refractivity contribution in [2.75, 3.05) is 33.4 Å². The van der Waals surface area contributed by atoms with Crippen LogP contribution in [0.4, 0.5) is 0 Å². The summed E-state index contributed by atoms with van der Waals surface area (Å²) < 4.78 is 15.7. The standard InChI is InChI=1S/C16H19ClN2O5/c1-22-16(21)11-8-19(9-11)15(20)10-6-13(17)14(18-7-10)24-12-2-4-23-5-3-12/h6-7,11-12H,2-5,8-9H2,1H3. The maximum Gasteiger partial charge on any atom is 0.312 e. The van der Waals surface area contributed by atoms with Gasteiger partial charge in [0.15, 0.2) is 0 Å². The number of rotatable bonds is 4. The van der Waals surface area contributed by atoms with Crippen molar-refractivity contribution in [1.29, 1.82) is 0 Å². The summed E-state index contributed by atoms with van der Waals surface area (Å²) in [7, 11) is 1.34. The number of carbonyl (C=O) groups is 2. The molecule has 2 saturated heterocycles. The number of likely N-dealkylation sites (tertiary alicyclic amines) is 1. The maximum atomic E-state index is 12.4. The van der Waals surface area contributed by atoms with Crippen LogP contribution in [0.2, 0.25) is 5.02 Å². The molecular weight excluding hydrogens is 336 g/mol. The van der Waals surface area contributed by atoms with Gasteiger partial charge in [-0.15, -0.1) is 0 Å². The smallest absolute Gasteiger partial charge is 0.312 e. The normalized spacial score (nSPS) is 18.8. The van der Waals surface area contributed by atoms with Gasteiger partial charge in [-0.2, -0.15) is 0 Å². The number of carbonyl (C=O) groups excluding carboxylic acids is 2. The fourth-order valence-electron chi connectivity index (χ4n) is 2.72. The molecular formula is C16H19ClN2O5. The van der Waals surface area contributed by atoms with Crippen molar-refractivity contribution >= 4 is 23.5 Å². The Bertz CT molecular complexity index is 627.